The molecule has 20 heavy (non-hydrogen) atoms. The van der Waals surface area contributed by atoms with E-state index in [2.05, 4.69) is 19.2 Å². The van der Waals surface area contributed by atoms with Crippen molar-refractivity contribution in [1.29, 1.82) is 0 Å². The Morgan fingerprint density at radius 2 is 1.85 bits per heavy atom. The molecule has 0 fully saturated rings. The Labute approximate surface area is 127 Å². The molecule has 0 radical (unpaired) electrons. The van der Waals surface area contributed by atoms with Crippen molar-refractivity contribution in [3.63, 3.8) is 0 Å². The van der Waals surface area contributed by atoms with E-state index in [4.69, 9.17) is 11.6 Å². The first-order valence-electron chi connectivity index (χ1n) is 7.21. The molecule has 0 aliphatic carbocycles. The zero-order valence-electron chi connectivity index (χ0n) is 12.2. The summed E-state index contributed by atoms with van der Waals surface area (Å²) in [7, 11) is -3.19. The second-order valence-electron chi connectivity index (χ2n) is 4.97. The number of nitrogens with one attached hydrogen (secondary N) is 1. The Balaban J connectivity index is 2.49. The lowest BCUT2D eigenvalue weighted by molar-refractivity contribution is 0.463. The van der Waals surface area contributed by atoms with Gasteiger partial charge in [0.25, 0.3) is 0 Å². The molecule has 1 atom stereocenters. The van der Waals surface area contributed by atoms with Gasteiger partial charge < -0.3 is 5.32 Å². The minimum atomic E-state index is -3.19. The molecule has 0 amide bonds. The van der Waals surface area contributed by atoms with Crippen molar-refractivity contribution >= 4 is 21.4 Å². The van der Waals surface area contributed by atoms with Gasteiger partial charge in [-0.15, -0.1) is 0 Å². The van der Waals surface area contributed by atoms with Crippen molar-refractivity contribution in [3.8, 4) is 0 Å². The second-order valence-corrected chi connectivity index (χ2v) is 7.52. The van der Waals surface area contributed by atoms with Crippen molar-refractivity contribution in [1.82, 2.24) is 5.32 Å². The summed E-state index contributed by atoms with van der Waals surface area (Å²) in [5, 5.41) is 3.99. The molecule has 0 aliphatic rings. The molecule has 0 spiro atoms. The molecule has 1 N–H and O–H groups in total. The van der Waals surface area contributed by atoms with Gasteiger partial charge in [0.15, 0.2) is 9.84 Å². The van der Waals surface area contributed by atoms with E-state index in [1.54, 1.807) is 24.3 Å². The van der Waals surface area contributed by atoms with Crippen molar-refractivity contribution in [2.45, 2.75) is 50.5 Å². The van der Waals surface area contributed by atoms with E-state index in [9.17, 15) is 8.42 Å². The fourth-order valence-corrected chi connectivity index (χ4v) is 3.54. The van der Waals surface area contributed by atoms with Crippen LogP contribution in [0.1, 0.15) is 39.5 Å². The number of rotatable bonds is 9. The first kappa shape index (κ1) is 17.5. The molecule has 5 heteroatoms. The maximum atomic E-state index is 12.2. The van der Waals surface area contributed by atoms with Gasteiger partial charge >= 0.3 is 0 Å². The lowest BCUT2D eigenvalue weighted by Crippen LogP contribution is -2.29. The first-order valence-corrected chi connectivity index (χ1v) is 9.24. The molecule has 1 aromatic carbocycles. The van der Waals surface area contributed by atoms with Gasteiger partial charge in [0.05, 0.1) is 10.6 Å². The highest BCUT2D eigenvalue weighted by molar-refractivity contribution is 7.91. The van der Waals surface area contributed by atoms with Crippen molar-refractivity contribution < 1.29 is 8.42 Å². The maximum absolute atomic E-state index is 12.2. The van der Waals surface area contributed by atoms with E-state index in [-0.39, 0.29) is 5.75 Å². The molecule has 1 aromatic rings. The lowest BCUT2D eigenvalue weighted by atomic mass is 10.1. The first-order chi connectivity index (χ1) is 9.49. The van der Waals surface area contributed by atoms with Crippen molar-refractivity contribution in [3.05, 3.63) is 29.3 Å². The van der Waals surface area contributed by atoms with Crippen molar-refractivity contribution in [2.24, 2.45) is 0 Å². The minimum Gasteiger partial charge on any atom is -0.314 e. The second kappa shape index (κ2) is 8.65. The third kappa shape index (κ3) is 5.81. The monoisotopic (exact) mass is 317 g/mol. The Kier molecular flexibility index (Phi) is 7.56. The molecule has 1 rings (SSSR count). The van der Waals surface area contributed by atoms with E-state index in [1.807, 2.05) is 0 Å². The molecule has 0 saturated heterocycles. The van der Waals surface area contributed by atoms with E-state index < -0.39 is 9.84 Å². The maximum Gasteiger partial charge on any atom is 0.178 e. The summed E-state index contributed by atoms with van der Waals surface area (Å²) in [6, 6.07) is 6.79. The smallest absolute Gasteiger partial charge is 0.178 e. The Morgan fingerprint density at radius 3 is 2.40 bits per heavy atom. The summed E-state index contributed by atoms with van der Waals surface area (Å²) in [5.74, 6) is 0.193. The third-order valence-corrected chi connectivity index (χ3v) is 5.38. The van der Waals surface area contributed by atoms with E-state index in [0.717, 1.165) is 25.8 Å². The van der Waals surface area contributed by atoms with Crippen LogP contribution in [0.2, 0.25) is 5.02 Å². The fourth-order valence-electron chi connectivity index (χ4n) is 2.08. The molecular formula is C15H24ClNO2S. The van der Waals surface area contributed by atoms with Gasteiger partial charge in [0.2, 0.25) is 0 Å². The predicted octanol–water partition coefficient (Wildman–Crippen LogP) is 3.67. The number of benzene rings is 1. The highest BCUT2D eigenvalue weighted by atomic mass is 35.5. The Morgan fingerprint density at radius 1 is 1.20 bits per heavy atom. The molecule has 0 bridgehead atoms. The van der Waals surface area contributed by atoms with Gasteiger partial charge in [0.1, 0.15) is 0 Å². The number of hydrogen-bond donors (Lipinski definition) is 1. The zero-order valence-corrected chi connectivity index (χ0v) is 13.8. The van der Waals surface area contributed by atoms with Gasteiger partial charge in [-0.2, -0.15) is 0 Å². The number of hydrogen-bond acceptors (Lipinski definition) is 3. The third-order valence-electron chi connectivity index (χ3n) is 3.31. The summed E-state index contributed by atoms with van der Waals surface area (Å²) in [4.78, 5) is 0.358. The van der Waals surface area contributed by atoms with Gasteiger partial charge in [0, 0.05) is 11.1 Å². The molecule has 0 aromatic heterocycles. The van der Waals surface area contributed by atoms with E-state index in [0.29, 0.717) is 22.4 Å². The van der Waals surface area contributed by atoms with Crippen LogP contribution in [0.4, 0.5) is 0 Å². The number of sulfone groups is 1. The van der Waals surface area contributed by atoms with E-state index >= 15 is 0 Å². The minimum absolute atomic E-state index is 0.193. The van der Waals surface area contributed by atoms with Crippen LogP contribution < -0.4 is 5.32 Å². The summed E-state index contributed by atoms with van der Waals surface area (Å²) in [5.41, 5.74) is 0. The standard InChI is InChI=1S/C15H24ClNO2S/c1-3-11-17-14(4-2)6-5-12-20(18,19)15-9-7-13(16)8-10-15/h7-10,14,17H,3-6,11-12H2,1-2H3. The van der Waals surface area contributed by atoms with Crippen LogP contribution in [0.3, 0.4) is 0 Å². The van der Waals surface area contributed by atoms with Gasteiger partial charge in [-0.05, 0) is 56.5 Å². The molecule has 3 nitrogen and oxygen atoms in total. The van der Waals surface area contributed by atoms with Crippen LogP contribution in [-0.2, 0) is 9.84 Å². The molecule has 0 aliphatic heterocycles. The highest BCUT2D eigenvalue weighted by Crippen LogP contribution is 2.17. The highest BCUT2D eigenvalue weighted by Gasteiger charge is 2.15. The average molecular weight is 318 g/mol. The summed E-state index contributed by atoms with van der Waals surface area (Å²) < 4.78 is 24.3. The average Bonchev–Trinajstić information content (AvgIpc) is 2.43. The van der Waals surface area contributed by atoms with Crippen LogP contribution in [0, 0.1) is 0 Å². The summed E-state index contributed by atoms with van der Waals surface area (Å²) >= 11 is 5.77. The zero-order chi connectivity index (χ0) is 15.0. The molecule has 0 saturated carbocycles. The summed E-state index contributed by atoms with van der Waals surface area (Å²) in [6.07, 6.45) is 3.70. The predicted molar refractivity (Wildman–Crippen MR) is 85.1 cm³/mol. The molecule has 0 heterocycles. The summed E-state index contributed by atoms with van der Waals surface area (Å²) in [6.45, 7) is 5.24. The Bertz CT molecular complexity index is 485. The van der Waals surface area contributed by atoms with E-state index in [1.165, 1.54) is 0 Å². The van der Waals surface area contributed by atoms with Crippen LogP contribution in [0.15, 0.2) is 29.2 Å². The quantitative estimate of drug-likeness (QED) is 0.756. The largest absolute Gasteiger partial charge is 0.314 e. The topological polar surface area (TPSA) is 46.2 Å². The fraction of sp³-hybridized carbons (Fsp3) is 0.600. The van der Waals surface area contributed by atoms with Crippen LogP contribution in [-0.4, -0.2) is 26.8 Å². The molecule has 114 valence electrons. The van der Waals surface area contributed by atoms with Gasteiger partial charge in [-0.25, -0.2) is 8.42 Å². The number of halogens is 1. The normalized spacial score (nSPS) is 13.3. The van der Waals surface area contributed by atoms with Gasteiger partial charge in [-0.3, -0.25) is 0 Å². The molecular weight excluding hydrogens is 294 g/mol. The molecule has 1 unspecified atom stereocenters. The van der Waals surface area contributed by atoms with Crippen molar-refractivity contribution in [2.75, 3.05) is 12.3 Å². The van der Waals surface area contributed by atoms with Crippen LogP contribution in [0.25, 0.3) is 0 Å². The van der Waals surface area contributed by atoms with Crippen LogP contribution in [0.5, 0.6) is 0 Å². The SMILES string of the molecule is CCCNC(CC)CCCS(=O)(=O)c1ccc(Cl)cc1. The Hall–Kier alpha value is -0.580. The van der Waals surface area contributed by atoms with Gasteiger partial charge in [-0.1, -0.05) is 25.4 Å². The van der Waals surface area contributed by atoms with Crippen LogP contribution >= 0.6 is 11.6 Å². The lowest BCUT2D eigenvalue weighted by Gasteiger charge is -2.16.